The standard InChI is InChI=1S/C20H27ClN4O2S/c1-27-14-8-13-25-19(16-9-4-5-10-17(16)21)22-23-20(25)28-15-18(26)24-11-6-2-3-7-12-24/h4-5,9-10H,2-3,6-8,11-15H2,1H3. The van der Waals surface area contributed by atoms with E-state index in [9.17, 15) is 4.79 Å². The SMILES string of the molecule is COCCCn1c(SCC(=O)N2CCCCCC2)nnc1-c1ccccc1Cl. The van der Waals surface area contributed by atoms with Crippen LogP contribution in [-0.4, -0.2) is 58.1 Å². The Hall–Kier alpha value is -1.57. The molecule has 1 aliphatic heterocycles. The molecule has 0 radical (unpaired) electrons. The topological polar surface area (TPSA) is 60.2 Å². The molecule has 2 aromatic rings. The Morgan fingerprint density at radius 2 is 1.93 bits per heavy atom. The highest BCUT2D eigenvalue weighted by molar-refractivity contribution is 7.99. The number of nitrogens with zero attached hydrogens (tertiary/aromatic N) is 4. The first-order chi connectivity index (χ1) is 13.7. The fraction of sp³-hybridized carbons (Fsp3) is 0.550. The number of hydrogen-bond donors (Lipinski definition) is 0. The summed E-state index contributed by atoms with van der Waals surface area (Å²) in [6.07, 6.45) is 5.46. The number of rotatable bonds is 8. The van der Waals surface area contributed by atoms with Crippen LogP contribution in [0.25, 0.3) is 11.4 Å². The molecule has 0 bridgehead atoms. The number of halogens is 1. The average Bonchev–Trinajstić information content (AvgIpc) is 2.91. The molecule has 0 aliphatic carbocycles. The van der Waals surface area contributed by atoms with Gasteiger partial charge in [-0.1, -0.05) is 48.3 Å². The number of methoxy groups -OCH3 is 1. The van der Waals surface area contributed by atoms with E-state index >= 15 is 0 Å². The maximum Gasteiger partial charge on any atom is 0.233 e. The van der Waals surface area contributed by atoms with Crippen LogP contribution in [0.1, 0.15) is 32.1 Å². The highest BCUT2D eigenvalue weighted by atomic mass is 35.5. The molecule has 28 heavy (non-hydrogen) atoms. The Bertz CT molecular complexity index is 775. The van der Waals surface area contributed by atoms with Crippen LogP contribution in [0.5, 0.6) is 0 Å². The quantitative estimate of drug-likeness (QED) is 0.472. The van der Waals surface area contributed by atoms with Gasteiger partial charge >= 0.3 is 0 Å². The zero-order valence-electron chi connectivity index (χ0n) is 16.3. The van der Waals surface area contributed by atoms with Crippen molar-refractivity contribution in [3.05, 3.63) is 29.3 Å². The molecule has 1 aromatic carbocycles. The van der Waals surface area contributed by atoms with Crippen LogP contribution < -0.4 is 0 Å². The van der Waals surface area contributed by atoms with Crippen molar-refractivity contribution in [3.63, 3.8) is 0 Å². The molecule has 1 amide bonds. The third kappa shape index (κ3) is 5.49. The van der Waals surface area contributed by atoms with Crippen LogP contribution >= 0.6 is 23.4 Å². The molecule has 0 N–H and O–H groups in total. The molecule has 152 valence electrons. The second-order valence-corrected chi connectivity index (χ2v) is 8.22. The van der Waals surface area contributed by atoms with Gasteiger partial charge < -0.3 is 14.2 Å². The lowest BCUT2D eigenvalue weighted by molar-refractivity contribution is -0.128. The Labute approximate surface area is 175 Å². The van der Waals surface area contributed by atoms with Crippen molar-refractivity contribution in [2.45, 2.75) is 43.8 Å². The molecule has 0 saturated carbocycles. The van der Waals surface area contributed by atoms with Gasteiger partial charge in [0, 0.05) is 38.9 Å². The van der Waals surface area contributed by atoms with Crippen LogP contribution in [0.15, 0.2) is 29.4 Å². The molecule has 0 atom stereocenters. The van der Waals surface area contributed by atoms with E-state index in [1.165, 1.54) is 24.6 Å². The van der Waals surface area contributed by atoms with Crippen molar-refractivity contribution in [2.24, 2.45) is 0 Å². The van der Waals surface area contributed by atoms with Crippen LogP contribution in [0.4, 0.5) is 0 Å². The molecular formula is C20H27ClN4O2S. The molecule has 1 aromatic heterocycles. The predicted molar refractivity (Wildman–Crippen MR) is 113 cm³/mol. The lowest BCUT2D eigenvalue weighted by Crippen LogP contribution is -2.33. The molecule has 2 heterocycles. The number of carbonyl (C=O) groups is 1. The molecule has 8 heteroatoms. The van der Waals surface area contributed by atoms with Gasteiger partial charge in [-0.2, -0.15) is 0 Å². The molecule has 1 aliphatic rings. The smallest absolute Gasteiger partial charge is 0.233 e. The third-order valence-corrected chi connectivity index (χ3v) is 6.13. The summed E-state index contributed by atoms with van der Waals surface area (Å²) < 4.78 is 7.23. The zero-order chi connectivity index (χ0) is 19.8. The number of thioether (sulfide) groups is 1. The summed E-state index contributed by atoms with van der Waals surface area (Å²) in [4.78, 5) is 14.6. The Morgan fingerprint density at radius 1 is 1.18 bits per heavy atom. The second-order valence-electron chi connectivity index (χ2n) is 6.87. The number of ether oxygens (including phenoxy) is 1. The Kier molecular flexibility index (Phi) is 8.18. The van der Waals surface area contributed by atoms with Gasteiger partial charge in [0.15, 0.2) is 11.0 Å². The normalized spacial score (nSPS) is 14.9. The van der Waals surface area contributed by atoms with Crippen molar-refractivity contribution in [1.82, 2.24) is 19.7 Å². The number of amides is 1. The summed E-state index contributed by atoms with van der Waals surface area (Å²) in [5.41, 5.74) is 0.847. The maximum absolute atomic E-state index is 12.6. The fourth-order valence-electron chi connectivity index (χ4n) is 3.34. The summed E-state index contributed by atoms with van der Waals surface area (Å²) in [5.74, 6) is 1.29. The fourth-order valence-corrected chi connectivity index (χ4v) is 4.43. The van der Waals surface area contributed by atoms with Crippen LogP contribution in [0.2, 0.25) is 5.02 Å². The van der Waals surface area contributed by atoms with Crippen molar-refractivity contribution in [1.29, 1.82) is 0 Å². The van der Waals surface area contributed by atoms with Gasteiger partial charge in [-0.05, 0) is 31.4 Å². The minimum Gasteiger partial charge on any atom is -0.385 e. The minimum absolute atomic E-state index is 0.178. The first kappa shape index (κ1) is 21.1. The van der Waals surface area contributed by atoms with E-state index in [2.05, 4.69) is 10.2 Å². The van der Waals surface area contributed by atoms with Gasteiger partial charge in [-0.25, -0.2) is 0 Å². The monoisotopic (exact) mass is 422 g/mol. The Balaban J connectivity index is 1.74. The zero-order valence-corrected chi connectivity index (χ0v) is 17.8. The minimum atomic E-state index is 0.178. The van der Waals surface area contributed by atoms with Crippen molar-refractivity contribution >= 4 is 29.3 Å². The van der Waals surface area contributed by atoms with Crippen LogP contribution in [0.3, 0.4) is 0 Å². The predicted octanol–water partition coefficient (Wildman–Crippen LogP) is 4.13. The summed E-state index contributed by atoms with van der Waals surface area (Å²) in [6.45, 7) is 3.09. The summed E-state index contributed by atoms with van der Waals surface area (Å²) in [6, 6.07) is 7.62. The molecule has 1 fully saturated rings. The lowest BCUT2D eigenvalue weighted by atomic mass is 10.2. The maximum atomic E-state index is 12.6. The summed E-state index contributed by atoms with van der Waals surface area (Å²) >= 11 is 7.82. The van der Waals surface area contributed by atoms with Gasteiger partial charge in [-0.15, -0.1) is 10.2 Å². The summed E-state index contributed by atoms with van der Waals surface area (Å²) in [7, 11) is 1.69. The van der Waals surface area contributed by atoms with E-state index in [-0.39, 0.29) is 5.91 Å². The van der Waals surface area contributed by atoms with Crippen LogP contribution in [0, 0.1) is 0 Å². The van der Waals surface area contributed by atoms with E-state index in [1.807, 2.05) is 33.7 Å². The van der Waals surface area contributed by atoms with E-state index in [1.54, 1.807) is 7.11 Å². The highest BCUT2D eigenvalue weighted by Crippen LogP contribution is 2.29. The Morgan fingerprint density at radius 3 is 2.64 bits per heavy atom. The van der Waals surface area contributed by atoms with E-state index in [0.29, 0.717) is 23.9 Å². The van der Waals surface area contributed by atoms with Gasteiger partial charge in [0.2, 0.25) is 5.91 Å². The van der Waals surface area contributed by atoms with Gasteiger partial charge in [0.1, 0.15) is 0 Å². The second kappa shape index (κ2) is 10.8. The van der Waals surface area contributed by atoms with E-state index in [0.717, 1.165) is 48.9 Å². The molecule has 0 unspecified atom stereocenters. The average molecular weight is 423 g/mol. The number of likely N-dealkylation sites (tertiary alicyclic amines) is 1. The van der Waals surface area contributed by atoms with E-state index < -0.39 is 0 Å². The lowest BCUT2D eigenvalue weighted by Gasteiger charge is -2.20. The van der Waals surface area contributed by atoms with Crippen molar-refractivity contribution < 1.29 is 9.53 Å². The molecule has 0 spiro atoms. The van der Waals surface area contributed by atoms with Crippen molar-refractivity contribution in [3.8, 4) is 11.4 Å². The van der Waals surface area contributed by atoms with Crippen molar-refractivity contribution in [2.75, 3.05) is 32.6 Å². The third-order valence-electron chi connectivity index (χ3n) is 4.85. The van der Waals surface area contributed by atoms with Gasteiger partial charge in [0.25, 0.3) is 0 Å². The van der Waals surface area contributed by atoms with E-state index in [4.69, 9.17) is 16.3 Å². The number of carbonyl (C=O) groups excluding carboxylic acids is 1. The van der Waals surface area contributed by atoms with Crippen LogP contribution in [-0.2, 0) is 16.1 Å². The largest absolute Gasteiger partial charge is 0.385 e. The summed E-state index contributed by atoms with van der Waals surface area (Å²) in [5, 5.41) is 10.1. The number of benzene rings is 1. The number of hydrogen-bond acceptors (Lipinski definition) is 5. The molecule has 3 rings (SSSR count). The molecule has 1 saturated heterocycles. The first-order valence-electron chi connectivity index (χ1n) is 9.78. The molecule has 6 nitrogen and oxygen atoms in total. The van der Waals surface area contributed by atoms with Gasteiger partial charge in [-0.3, -0.25) is 4.79 Å². The first-order valence-corrected chi connectivity index (χ1v) is 11.1. The van der Waals surface area contributed by atoms with Gasteiger partial charge in [0.05, 0.1) is 10.8 Å². The number of aromatic nitrogens is 3. The molecular weight excluding hydrogens is 396 g/mol. The highest BCUT2D eigenvalue weighted by Gasteiger charge is 2.20.